The Kier molecular flexibility index (Phi) is 7.42. The standard InChI is InChI=1S/C22H27N3O5S/c1-16(2)23-22(27)19-5-3-4-6-20(19)24-21(26)18-9-7-17(8-10-18)15-31(28,29)25-11-13-30-14-12-25/h3-10,16H,11-15H2,1-2H3,(H,23,27)(H,24,26). The number of amides is 2. The minimum Gasteiger partial charge on any atom is -0.379 e. The molecule has 2 aromatic carbocycles. The zero-order valence-corrected chi connectivity index (χ0v) is 18.4. The average Bonchev–Trinajstić information content (AvgIpc) is 2.74. The summed E-state index contributed by atoms with van der Waals surface area (Å²) in [6.07, 6.45) is 0. The highest BCUT2D eigenvalue weighted by Gasteiger charge is 2.24. The van der Waals surface area contributed by atoms with E-state index in [1.54, 1.807) is 48.5 Å². The fourth-order valence-electron chi connectivity index (χ4n) is 3.20. The number of benzene rings is 2. The normalized spacial score (nSPS) is 14.9. The highest BCUT2D eigenvalue weighted by Crippen LogP contribution is 2.18. The van der Waals surface area contributed by atoms with Gasteiger partial charge < -0.3 is 15.4 Å². The lowest BCUT2D eigenvalue weighted by molar-refractivity contribution is 0.0729. The molecule has 1 saturated heterocycles. The molecule has 8 nitrogen and oxygen atoms in total. The van der Waals surface area contributed by atoms with Crippen LogP contribution >= 0.6 is 0 Å². The van der Waals surface area contributed by atoms with E-state index in [2.05, 4.69) is 10.6 Å². The molecule has 0 atom stereocenters. The molecule has 0 unspecified atom stereocenters. The van der Waals surface area contributed by atoms with Gasteiger partial charge in [0, 0.05) is 24.7 Å². The van der Waals surface area contributed by atoms with Gasteiger partial charge in [0.2, 0.25) is 10.0 Å². The molecule has 9 heteroatoms. The van der Waals surface area contributed by atoms with Crippen molar-refractivity contribution in [2.75, 3.05) is 31.6 Å². The van der Waals surface area contributed by atoms with E-state index in [0.29, 0.717) is 48.7 Å². The number of ether oxygens (including phenoxy) is 1. The zero-order valence-electron chi connectivity index (χ0n) is 17.6. The van der Waals surface area contributed by atoms with Crippen LogP contribution in [0.2, 0.25) is 0 Å². The summed E-state index contributed by atoms with van der Waals surface area (Å²) in [7, 11) is -3.43. The molecule has 1 fully saturated rings. The predicted octanol–water partition coefficient (Wildman–Crippen LogP) is 2.24. The molecule has 1 heterocycles. The Morgan fingerprint density at radius 1 is 1.00 bits per heavy atom. The van der Waals surface area contributed by atoms with Gasteiger partial charge in [0.05, 0.1) is 30.2 Å². The SMILES string of the molecule is CC(C)NC(=O)c1ccccc1NC(=O)c1ccc(CS(=O)(=O)N2CCOCC2)cc1. The monoisotopic (exact) mass is 445 g/mol. The van der Waals surface area contributed by atoms with Crippen molar-refractivity contribution in [2.45, 2.75) is 25.6 Å². The van der Waals surface area contributed by atoms with Crippen LogP contribution in [0.15, 0.2) is 48.5 Å². The van der Waals surface area contributed by atoms with E-state index in [1.807, 2.05) is 13.8 Å². The maximum Gasteiger partial charge on any atom is 0.255 e. The summed E-state index contributed by atoms with van der Waals surface area (Å²) in [6, 6.07) is 13.2. The highest BCUT2D eigenvalue weighted by atomic mass is 32.2. The summed E-state index contributed by atoms with van der Waals surface area (Å²) < 4.78 is 31.7. The molecule has 2 aromatic rings. The molecule has 0 spiro atoms. The number of anilines is 1. The predicted molar refractivity (Wildman–Crippen MR) is 118 cm³/mol. The second kappa shape index (κ2) is 10.0. The summed E-state index contributed by atoms with van der Waals surface area (Å²) >= 11 is 0. The Morgan fingerprint density at radius 2 is 1.65 bits per heavy atom. The number of nitrogens with one attached hydrogen (secondary N) is 2. The van der Waals surface area contributed by atoms with Crippen molar-refractivity contribution < 1.29 is 22.7 Å². The lowest BCUT2D eigenvalue weighted by Gasteiger charge is -2.26. The van der Waals surface area contributed by atoms with Crippen LogP contribution in [-0.4, -0.2) is 56.9 Å². The maximum absolute atomic E-state index is 12.7. The van der Waals surface area contributed by atoms with Crippen LogP contribution in [0.1, 0.15) is 40.1 Å². The summed E-state index contributed by atoms with van der Waals surface area (Å²) in [4.78, 5) is 25.0. The van der Waals surface area contributed by atoms with E-state index in [1.165, 1.54) is 4.31 Å². The van der Waals surface area contributed by atoms with Crippen molar-refractivity contribution in [1.82, 2.24) is 9.62 Å². The van der Waals surface area contributed by atoms with Crippen LogP contribution in [-0.2, 0) is 20.5 Å². The molecule has 2 N–H and O–H groups in total. The lowest BCUT2D eigenvalue weighted by atomic mass is 10.1. The van der Waals surface area contributed by atoms with E-state index in [0.717, 1.165) is 0 Å². The topological polar surface area (TPSA) is 105 Å². The first-order chi connectivity index (χ1) is 14.8. The molecule has 0 aliphatic carbocycles. The van der Waals surface area contributed by atoms with Crippen molar-refractivity contribution in [2.24, 2.45) is 0 Å². The van der Waals surface area contributed by atoms with Crippen LogP contribution in [0.4, 0.5) is 5.69 Å². The van der Waals surface area contributed by atoms with Crippen LogP contribution in [0.3, 0.4) is 0 Å². The van der Waals surface area contributed by atoms with Crippen LogP contribution in [0, 0.1) is 0 Å². The minimum atomic E-state index is -3.43. The largest absolute Gasteiger partial charge is 0.379 e. The van der Waals surface area contributed by atoms with Crippen molar-refractivity contribution in [3.63, 3.8) is 0 Å². The Labute approximate surface area is 182 Å². The highest BCUT2D eigenvalue weighted by molar-refractivity contribution is 7.88. The van der Waals surface area contributed by atoms with Gasteiger partial charge in [-0.25, -0.2) is 8.42 Å². The number of sulfonamides is 1. The first kappa shape index (κ1) is 22.9. The van der Waals surface area contributed by atoms with E-state index >= 15 is 0 Å². The maximum atomic E-state index is 12.7. The molecule has 31 heavy (non-hydrogen) atoms. The Bertz CT molecular complexity index is 1030. The number of morpholine rings is 1. The molecule has 3 rings (SSSR count). The molecule has 1 aliphatic heterocycles. The number of rotatable bonds is 7. The third-order valence-corrected chi connectivity index (χ3v) is 6.62. The van der Waals surface area contributed by atoms with Gasteiger partial charge in [-0.1, -0.05) is 24.3 Å². The number of para-hydroxylation sites is 1. The number of carbonyl (C=O) groups is 2. The minimum absolute atomic E-state index is 0.0301. The van der Waals surface area contributed by atoms with Gasteiger partial charge in [-0.05, 0) is 43.7 Å². The van der Waals surface area contributed by atoms with E-state index in [4.69, 9.17) is 4.74 Å². The Morgan fingerprint density at radius 3 is 2.29 bits per heavy atom. The van der Waals surface area contributed by atoms with Gasteiger partial charge >= 0.3 is 0 Å². The van der Waals surface area contributed by atoms with Gasteiger partial charge in [-0.2, -0.15) is 4.31 Å². The summed E-state index contributed by atoms with van der Waals surface area (Å²) in [6.45, 7) is 5.23. The molecule has 0 aromatic heterocycles. The second-order valence-corrected chi connectivity index (χ2v) is 9.56. The zero-order chi connectivity index (χ0) is 22.4. The molecule has 0 radical (unpaired) electrons. The molecule has 1 aliphatic rings. The number of nitrogens with zero attached hydrogens (tertiary/aromatic N) is 1. The first-order valence-corrected chi connectivity index (χ1v) is 11.7. The number of hydrogen-bond acceptors (Lipinski definition) is 5. The molecule has 166 valence electrons. The fourth-order valence-corrected chi connectivity index (χ4v) is 4.71. The van der Waals surface area contributed by atoms with E-state index in [-0.39, 0.29) is 23.6 Å². The van der Waals surface area contributed by atoms with Crippen molar-refractivity contribution in [3.05, 3.63) is 65.2 Å². The van der Waals surface area contributed by atoms with Crippen LogP contribution in [0.25, 0.3) is 0 Å². The van der Waals surface area contributed by atoms with E-state index in [9.17, 15) is 18.0 Å². The molecule has 0 bridgehead atoms. The summed E-state index contributed by atoms with van der Waals surface area (Å²) in [5.41, 5.74) is 1.74. The smallest absolute Gasteiger partial charge is 0.255 e. The average molecular weight is 446 g/mol. The number of carbonyl (C=O) groups excluding carboxylic acids is 2. The lowest BCUT2D eigenvalue weighted by Crippen LogP contribution is -2.41. The van der Waals surface area contributed by atoms with E-state index < -0.39 is 10.0 Å². The summed E-state index contributed by atoms with van der Waals surface area (Å²) in [5.74, 6) is -0.783. The van der Waals surface area contributed by atoms with Gasteiger partial charge in [-0.3, -0.25) is 9.59 Å². The Balaban J connectivity index is 1.68. The second-order valence-electron chi connectivity index (χ2n) is 7.59. The third-order valence-electron chi connectivity index (χ3n) is 4.77. The van der Waals surface area contributed by atoms with Crippen molar-refractivity contribution in [3.8, 4) is 0 Å². The van der Waals surface area contributed by atoms with Crippen LogP contribution < -0.4 is 10.6 Å². The quantitative estimate of drug-likeness (QED) is 0.680. The number of hydrogen-bond donors (Lipinski definition) is 2. The first-order valence-electron chi connectivity index (χ1n) is 10.1. The molecule has 0 saturated carbocycles. The van der Waals surface area contributed by atoms with Gasteiger partial charge in [-0.15, -0.1) is 0 Å². The summed E-state index contributed by atoms with van der Waals surface area (Å²) in [5, 5.41) is 5.57. The van der Waals surface area contributed by atoms with Crippen molar-refractivity contribution >= 4 is 27.5 Å². The van der Waals surface area contributed by atoms with Crippen molar-refractivity contribution in [1.29, 1.82) is 0 Å². The molecule has 2 amide bonds. The molecular formula is C22H27N3O5S. The van der Waals surface area contributed by atoms with Gasteiger partial charge in [0.25, 0.3) is 11.8 Å². The molecular weight excluding hydrogens is 418 g/mol. The van der Waals surface area contributed by atoms with Gasteiger partial charge in [0.15, 0.2) is 0 Å². The Hall–Kier alpha value is -2.75. The van der Waals surface area contributed by atoms with Gasteiger partial charge in [0.1, 0.15) is 0 Å². The third kappa shape index (κ3) is 6.13. The van der Waals surface area contributed by atoms with Crippen LogP contribution in [0.5, 0.6) is 0 Å². The fraction of sp³-hybridized carbons (Fsp3) is 0.364.